The SMILES string of the molecule is C=CCCOCCNC(=O)c1ccn(C2CCCNC2)n1. The summed E-state index contributed by atoms with van der Waals surface area (Å²) < 4.78 is 7.23. The highest BCUT2D eigenvalue weighted by molar-refractivity contribution is 5.92. The molecule has 2 N–H and O–H groups in total. The Labute approximate surface area is 125 Å². The smallest absolute Gasteiger partial charge is 0.271 e. The second-order valence-corrected chi connectivity index (χ2v) is 5.13. The zero-order valence-corrected chi connectivity index (χ0v) is 12.4. The first-order valence-electron chi connectivity index (χ1n) is 7.54. The zero-order valence-electron chi connectivity index (χ0n) is 12.4. The van der Waals surface area contributed by atoms with Crippen molar-refractivity contribution in [3.8, 4) is 0 Å². The van der Waals surface area contributed by atoms with Crippen LogP contribution in [0.25, 0.3) is 0 Å². The van der Waals surface area contributed by atoms with E-state index in [2.05, 4.69) is 22.3 Å². The standard InChI is InChI=1S/C15H24N4O2/c1-2-3-10-21-11-8-17-15(20)14-6-9-19(18-14)13-5-4-7-16-12-13/h2,6,9,13,16H,1,3-5,7-8,10-12H2,(H,17,20). The van der Waals surface area contributed by atoms with Crippen molar-refractivity contribution >= 4 is 5.91 Å². The third-order valence-corrected chi connectivity index (χ3v) is 3.48. The fraction of sp³-hybridized carbons (Fsp3) is 0.600. The predicted octanol–water partition coefficient (Wildman–Crippen LogP) is 1.13. The molecule has 1 aliphatic rings. The van der Waals surface area contributed by atoms with Crippen LogP contribution in [0.1, 0.15) is 35.8 Å². The first-order valence-corrected chi connectivity index (χ1v) is 7.54. The Hall–Kier alpha value is -1.66. The van der Waals surface area contributed by atoms with Crippen molar-refractivity contribution in [3.63, 3.8) is 0 Å². The Kier molecular flexibility index (Phi) is 6.43. The molecular formula is C15H24N4O2. The Bertz CT molecular complexity index is 452. The molecule has 2 heterocycles. The summed E-state index contributed by atoms with van der Waals surface area (Å²) in [6, 6.07) is 2.12. The van der Waals surface area contributed by atoms with E-state index in [0.29, 0.717) is 31.5 Å². The van der Waals surface area contributed by atoms with E-state index in [9.17, 15) is 4.79 Å². The highest BCUT2D eigenvalue weighted by atomic mass is 16.5. The second kappa shape index (κ2) is 8.59. The molecule has 0 spiro atoms. The maximum atomic E-state index is 12.0. The first kappa shape index (κ1) is 15.7. The van der Waals surface area contributed by atoms with Crippen LogP contribution in [0.2, 0.25) is 0 Å². The summed E-state index contributed by atoms with van der Waals surface area (Å²) in [5, 5.41) is 10.5. The lowest BCUT2D eigenvalue weighted by atomic mass is 10.1. The number of aromatic nitrogens is 2. The van der Waals surface area contributed by atoms with Crippen LogP contribution < -0.4 is 10.6 Å². The van der Waals surface area contributed by atoms with Crippen molar-refractivity contribution in [3.05, 3.63) is 30.6 Å². The fourth-order valence-corrected chi connectivity index (χ4v) is 2.32. The van der Waals surface area contributed by atoms with E-state index in [0.717, 1.165) is 32.4 Å². The summed E-state index contributed by atoms with van der Waals surface area (Å²) in [6.07, 6.45) is 6.77. The van der Waals surface area contributed by atoms with Crippen molar-refractivity contribution in [1.29, 1.82) is 0 Å². The maximum Gasteiger partial charge on any atom is 0.271 e. The average molecular weight is 292 g/mol. The van der Waals surface area contributed by atoms with Gasteiger partial charge in [0, 0.05) is 19.3 Å². The molecule has 1 amide bonds. The topological polar surface area (TPSA) is 68.2 Å². The molecule has 1 fully saturated rings. The van der Waals surface area contributed by atoms with Gasteiger partial charge in [-0.25, -0.2) is 0 Å². The van der Waals surface area contributed by atoms with Crippen molar-refractivity contribution in [2.24, 2.45) is 0 Å². The molecule has 0 saturated carbocycles. The Morgan fingerprint density at radius 2 is 2.52 bits per heavy atom. The largest absolute Gasteiger partial charge is 0.379 e. The quantitative estimate of drug-likeness (QED) is 0.557. The third kappa shape index (κ3) is 4.99. The van der Waals surface area contributed by atoms with Gasteiger partial charge >= 0.3 is 0 Å². The molecule has 6 nitrogen and oxygen atoms in total. The number of rotatable bonds is 8. The monoisotopic (exact) mass is 292 g/mol. The predicted molar refractivity (Wildman–Crippen MR) is 81.3 cm³/mol. The third-order valence-electron chi connectivity index (χ3n) is 3.48. The van der Waals surface area contributed by atoms with E-state index < -0.39 is 0 Å². The van der Waals surface area contributed by atoms with E-state index in [1.807, 2.05) is 17.0 Å². The van der Waals surface area contributed by atoms with E-state index >= 15 is 0 Å². The van der Waals surface area contributed by atoms with Gasteiger partial charge in [0.25, 0.3) is 5.91 Å². The average Bonchev–Trinajstić information content (AvgIpc) is 3.01. The van der Waals surface area contributed by atoms with Crippen molar-refractivity contribution in [2.75, 3.05) is 32.8 Å². The van der Waals surface area contributed by atoms with E-state index in [1.165, 1.54) is 0 Å². The zero-order chi connectivity index (χ0) is 14.9. The molecule has 0 radical (unpaired) electrons. The molecule has 0 aliphatic carbocycles. The molecular weight excluding hydrogens is 268 g/mol. The molecule has 1 atom stereocenters. The van der Waals surface area contributed by atoms with Gasteiger partial charge in [-0.3, -0.25) is 9.48 Å². The lowest BCUT2D eigenvalue weighted by molar-refractivity contribution is 0.0912. The van der Waals surface area contributed by atoms with Crippen molar-refractivity contribution in [2.45, 2.75) is 25.3 Å². The van der Waals surface area contributed by atoms with Crippen molar-refractivity contribution < 1.29 is 9.53 Å². The minimum atomic E-state index is -0.148. The molecule has 2 rings (SSSR count). The van der Waals surface area contributed by atoms with Crippen molar-refractivity contribution in [1.82, 2.24) is 20.4 Å². The molecule has 6 heteroatoms. The fourth-order valence-electron chi connectivity index (χ4n) is 2.32. The van der Waals surface area contributed by atoms with Crippen LogP contribution in [-0.2, 0) is 4.74 Å². The second-order valence-electron chi connectivity index (χ2n) is 5.13. The summed E-state index contributed by atoms with van der Waals surface area (Å²) in [6.45, 7) is 7.25. The van der Waals surface area contributed by atoms with Gasteiger partial charge in [0.1, 0.15) is 5.69 Å². The Morgan fingerprint density at radius 1 is 1.62 bits per heavy atom. The summed E-state index contributed by atoms with van der Waals surface area (Å²) in [4.78, 5) is 12.0. The van der Waals surface area contributed by atoms with E-state index in [-0.39, 0.29) is 5.91 Å². The lowest BCUT2D eigenvalue weighted by Gasteiger charge is -2.22. The van der Waals surface area contributed by atoms with Crippen LogP contribution in [0, 0.1) is 0 Å². The number of nitrogens with zero attached hydrogens (tertiary/aromatic N) is 2. The van der Waals surface area contributed by atoms with E-state index in [4.69, 9.17) is 4.74 Å². The Morgan fingerprint density at radius 3 is 3.29 bits per heavy atom. The van der Waals surface area contributed by atoms with Crippen LogP contribution >= 0.6 is 0 Å². The number of carbonyl (C=O) groups is 1. The minimum absolute atomic E-state index is 0.148. The van der Waals surface area contributed by atoms with E-state index in [1.54, 1.807) is 6.07 Å². The molecule has 1 unspecified atom stereocenters. The molecule has 21 heavy (non-hydrogen) atoms. The lowest BCUT2D eigenvalue weighted by Crippen LogP contribution is -2.32. The number of amides is 1. The summed E-state index contributed by atoms with van der Waals surface area (Å²) in [7, 11) is 0. The molecule has 0 aromatic carbocycles. The molecule has 1 aromatic rings. The maximum absolute atomic E-state index is 12.0. The van der Waals surface area contributed by atoms with Gasteiger partial charge in [-0.2, -0.15) is 5.10 Å². The summed E-state index contributed by atoms with van der Waals surface area (Å²) in [5.41, 5.74) is 0.465. The summed E-state index contributed by atoms with van der Waals surface area (Å²) in [5.74, 6) is -0.148. The number of ether oxygens (including phenoxy) is 1. The highest BCUT2D eigenvalue weighted by Gasteiger charge is 2.17. The van der Waals surface area contributed by atoms with Gasteiger partial charge < -0.3 is 15.4 Å². The van der Waals surface area contributed by atoms with Crippen LogP contribution in [-0.4, -0.2) is 48.5 Å². The van der Waals surface area contributed by atoms with Crippen LogP contribution in [0.4, 0.5) is 0 Å². The first-order chi connectivity index (χ1) is 10.3. The van der Waals surface area contributed by atoms with Crippen LogP contribution in [0.5, 0.6) is 0 Å². The number of piperidine rings is 1. The van der Waals surface area contributed by atoms with Gasteiger partial charge in [-0.15, -0.1) is 6.58 Å². The molecule has 1 aliphatic heterocycles. The van der Waals surface area contributed by atoms with Gasteiger partial charge in [0.05, 0.1) is 19.3 Å². The van der Waals surface area contributed by atoms with Gasteiger partial charge in [-0.05, 0) is 31.9 Å². The molecule has 1 saturated heterocycles. The normalized spacial score (nSPS) is 18.4. The van der Waals surface area contributed by atoms with Crippen LogP contribution in [0.3, 0.4) is 0 Å². The molecule has 116 valence electrons. The summed E-state index contributed by atoms with van der Waals surface area (Å²) >= 11 is 0. The molecule has 1 aromatic heterocycles. The number of nitrogens with one attached hydrogen (secondary N) is 2. The minimum Gasteiger partial charge on any atom is -0.379 e. The number of hydrogen-bond acceptors (Lipinski definition) is 4. The van der Waals surface area contributed by atoms with Gasteiger partial charge in [0.15, 0.2) is 0 Å². The van der Waals surface area contributed by atoms with Crippen LogP contribution in [0.15, 0.2) is 24.9 Å². The highest BCUT2D eigenvalue weighted by Crippen LogP contribution is 2.15. The number of hydrogen-bond donors (Lipinski definition) is 2. The van der Waals surface area contributed by atoms with Gasteiger partial charge in [0.2, 0.25) is 0 Å². The van der Waals surface area contributed by atoms with Gasteiger partial charge in [-0.1, -0.05) is 6.08 Å². The molecule has 0 bridgehead atoms. The number of carbonyl (C=O) groups excluding carboxylic acids is 1. The Balaban J connectivity index is 1.72.